The first-order valence-electron chi connectivity index (χ1n) is 5.96. The molecule has 0 bridgehead atoms. The molecule has 0 aliphatic rings. The Morgan fingerprint density at radius 2 is 1.62 bits per heavy atom. The zero-order valence-electron chi connectivity index (χ0n) is 10.4. The van der Waals surface area contributed by atoms with E-state index >= 15 is 0 Å². The molecule has 0 aromatic heterocycles. The molecule has 92 valence electrons. The molecule has 0 rings (SSSR count). The highest BCUT2D eigenvalue weighted by Gasteiger charge is 2.12. The lowest BCUT2D eigenvalue weighted by molar-refractivity contribution is -0.140. The van der Waals surface area contributed by atoms with Crippen LogP contribution in [0.15, 0.2) is 12.2 Å². The Labute approximate surface area is 97.9 Å². The molecule has 0 saturated heterocycles. The maximum Gasteiger partial charge on any atom is 0.341 e. The van der Waals surface area contributed by atoms with Crippen molar-refractivity contribution < 1.29 is 14.3 Å². The van der Waals surface area contributed by atoms with Crippen molar-refractivity contribution in [2.75, 3.05) is 6.61 Å². The molecule has 0 fully saturated rings. The van der Waals surface area contributed by atoms with Gasteiger partial charge in [-0.25, -0.2) is 4.79 Å². The van der Waals surface area contributed by atoms with Gasteiger partial charge in [0.2, 0.25) is 0 Å². The van der Waals surface area contributed by atoms with Crippen molar-refractivity contribution in [1.29, 1.82) is 0 Å². The van der Waals surface area contributed by atoms with E-state index in [4.69, 9.17) is 4.74 Å². The van der Waals surface area contributed by atoms with Gasteiger partial charge in [-0.15, -0.1) is 0 Å². The molecule has 0 aliphatic carbocycles. The number of esters is 1. The lowest BCUT2D eigenvalue weighted by Crippen LogP contribution is -2.13. The van der Waals surface area contributed by atoms with E-state index < -0.39 is 5.97 Å². The normalized spacial score (nSPS) is 9.88. The topological polar surface area (TPSA) is 43.4 Å². The van der Waals surface area contributed by atoms with Gasteiger partial charge >= 0.3 is 5.97 Å². The minimum Gasteiger partial charge on any atom is -0.462 e. The van der Waals surface area contributed by atoms with Crippen LogP contribution < -0.4 is 0 Å². The molecule has 0 N–H and O–H groups in total. The van der Waals surface area contributed by atoms with Crippen LogP contribution >= 0.6 is 0 Å². The van der Waals surface area contributed by atoms with E-state index in [1.165, 1.54) is 32.6 Å². The number of carbonyl (C=O) groups is 2. The molecule has 0 atom stereocenters. The zero-order valence-corrected chi connectivity index (χ0v) is 10.4. The van der Waals surface area contributed by atoms with E-state index in [9.17, 15) is 9.59 Å². The summed E-state index contributed by atoms with van der Waals surface area (Å²) in [7, 11) is 0. The van der Waals surface area contributed by atoms with Gasteiger partial charge in [0.25, 0.3) is 0 Å². The number of hydrogen-bond acceptors (Lipinski definition) is 3. The molecule has 0 amide bonds. The van der Waals surface area contributed by atoms with Gasteiger partial charge in [-0.1, -0.05) is 45.6 Å². The van der Waals surface area contributed by atoms with Crippen molar-refractivity contribution in [3.63, 3.8) is 0 Å². The second-order valence-corrected chi connectivity index (χ2v) is 3.94. The Kier molecular flexibility index (Phi) is 8.49. The quantitative estimate of drug-likeness (QED) is 0.199. The van der Waals surface area contributed by atoms with Gasteiger partial charge in [0.1, 0.15) is 0 Å². The number of ether oxygens (including phenoxy) is 1. The maximum absolute atomic E-state index is 11.2. The van der Waals surface area contributed by atoms with Gasteiger partial charge in [-0.3, -0.25) is 4.79 Å². The van der Waals surface area contributed by atoms with E-state index in [1.807, 2.05) is 0 Å². The van der Waals surface area contributed by atoms with Crippen LogP contribution in [0.2, 0.25) is 0 Å². The number of hydrogen-bond donors (Lipinski definition) is 0. The van der Waals surface area contributed by atoms with Gasteiger partial charge in [-0.2, -0.15) is 0 Å². The fourth-order valence-corrected chi connectivity index (χ4v) is 1.28. The molecule has 0 unspecified atom stereocenters. The van der Waals surface area contributed by atoms with Crippen molar-refractivity contribution in [2.45, 2.75) is 52.4 Å². The number of carbonyl (C=O) groups excluding carboxylic acids is 2. The molecular weight excluding hydrogens is 204 g/mol. The average Bonchev–Trinajstić information content (AvgIpc) is 2.26. The van der Waals surface area contributed by atoms with Crippen LogP contribution in [0.25, 0.3) is 0 Å². The van der Waals surface area contributed by atoms with Crippen LogP contribution in [0.1, 0.15) is 52.4 Å². The van der Waals surface area contributed by atoms with Crippen LogP contribution in [0, 0.1) is 0 Å². The molecule has 0 saturated carbocycles. The smallest absolute Gasteiger partial charge is 0.341 e. The SMILES string of the molecule is C=C(C(C)=O)C(=O)OCCCCCCCC. The van der Waals surface area contributed by atoms with Gasteiger partial charge in [0, 0.05) is 0 Å². The summed E-state index contributed by atoms with van der Waals surface area (Å²) >= 11 is 0. The average molecular weight is 226 g/mol. The predicted molar refractivity (Wildman–Crippen MR) is 64.2 cm³/mol. The molecule has 0 aromatic carbocycles. The van der Waals surface area contributed by atoms with Crippen LogP contribution in [0.3, 0.4) is 0 Å². The maximum atomic E-state index is 11.2. The first-order valence-corrected chi connectivity index (χ1v) is 5.96. The predicted octanol–water partition coefficient (Wildman–Crippen LogP) is 3.04. The highest BCUT2D eigenvalue weighted by Crippen LogP contribution is 2.05. The van der Waals surface area contributed by atoms with Gasteiger partial charge in [0.15, 0.2) is 5.78 Å². The van der Waals surface area contributed by atoms with Crippen LogP contribution in [0.5, 0.6) is 0 Å². The van der Waals surface area contributed by atoms with Crippen molar-refractivity contribution in [3.05, 3.63) is 12.2 Å². The van der Waals surface area contributed by atoms with Crippen LogP contribution in [0.4, 0.5) is 0 Å². The molecule has 0 aromatic rings. The third-order valence-corrected chi connectivity index (χ3v) is 2.40. The van der Waals surface area contributed by atoms with Crippen LogP contribution in [-0.4, -0.2) is 18.4 Å². The number of unbranched alkanes of at least 4 members (excludes halogenated alkanes) is 5. The molecule has 16 heavy (non-hydrogen) atoms. The second-order valence-electron chi connectivity index (χ2n) is 3.94. The van der Waals surface area contributed by atoms with Crippen molar-refractivity contribution in [3.8, 4) is 0 Å². The Morgan fingerprint density at radius 1 is 1.06 bits per heavy atom. The largest absolute Gasteiger partial charge is 0.462 e. The summed E-state index contributed by atoms with van der Waals surface area (Å²) in [5.74, 6) is -0.908. The summed E-state index contributed by atoms with van der Waals surface area (Å²) in [5.41, 5.74) is -0.0639. The van der Waals surface area contributed by atoms with Crippen LogP contribution in [-0.2, 0) is 14.3 Å². The highest BCUT2D eigenvalue weighted by atomic mass is 16.5. The number of Topliss-reactive ketones (excluding diaryl/α,β-unsaturated/α-hetero) is 1. The fraction of sp³-hybridized carbons (Fsp3) is 0.692. The highest BCUT2D eigenvalue weighted by molar-refractivity contribution is 6.15. The van der Waals surface area contributed by atoms with Crippen molar-refractivity contribution in [2.24, 2.45) is 0 Å². The summed E-state index contributed by atoms with van der Waals surface area (Å²) in [4.78, 5) is 22.0. The lowest BCUT2D eigenvalue weighted by atomic mass is 10.1. The Hall–Kier alpha value is -1.12. The Morgan fingerprint density at radius 3 is 2.19 bits per heavy atom. The van der Waals surface area contributed by atoms with E-state index in [0.717, 1.165) is 12.8 Å². The van der Waals surface area contributed by atoms with Gasteiger partial charge in [0.05, 0.1) is 12.2 Å². The van der Waals surface area contributed by atoms with E-state index in [0.29, 0.717) is 6.61 Å². The zero-order chi connectivity index (χ0) is 12.4. The first-order chi connectivity index (χ1) is 7.59. The molecule has 0 spiro atoms. The monoisotopic (exact) mass is 226 g/mol. The third-order valence-electron chi connectivity index (χ3n) is 2.40. The van der Waals surface area contributed by atoms with E-state index in [2.05, 4.69) is 13.5 Å². The molecule has 0 aliphatic heterocycles. The van der Waals surface area contributed by atoms with Gasteiger partial charge in [-0.05, 0) is 13.3 Å². The Balaban J connectivity index is 3.42. The molecule has 0 radical (unpaired) electrons. The molecule has 3 nitrogen and oxygen atoms in total. The molecule has 0 heterocycles. The summed E-state index contributed by atoms with van der Waals surface area (Å²) in [5, 5.41) is 0. The van der Waals surface area contributed by atoms with Crippen molar-refractivity contribution in [1.82, 2.24) is 0 Å². The summed E-state index contributed by atoms with van der Waals surface area (Å²) in [6, 6.07) is 0. The minimum absolute atomic E-state index is 0.0639. The second kappa shape index (κ2) is 9.13. The van der Waals surface area contributed by atoms with E-state index in [1.54, 1.807) is 0 Å². The molecule has 3 heteroatoms. The third kappa shape index (κ3) is 7.21. The van der Waals surface area contributed by atoms with E-state index in [-0.39, 0.29) is 11.4 Å². The number of ketones is 1. The summed E-state index contributed by atoms with van der Waals surface area (Å²) in [6.45, 7) is 7.25. The standard InChI is InChI=1S/C13H22O3/c1-4-5-6-7-8-9-10-16-13(15)11(2)12(3)14/h2,4-10H2,1,3H3. The summed E-state index contributed by atoms with van der Waals surface area (Å²) < 4.78 is 4.91. The lowest BCUT2D eigenvalue weighted by Gasteiger charge is -2.04. The molecular formula is C13H22O3. The van der Waals surface area contributed by atoms with Crippen molar-refractivity contribution >= 4 is 11.8 Å². The fourth-order valence-electron chi connectivity index (χ4n) is 1.28. The first kappa shape index (κ1) is 14.9. The Bertz CT molecular complexity index is 244. The van der Waals surface area contributed by atoms with Gasteiger partial charge < -0.3 is 4.74 Å². The summed E-state index contributed by atoms with van der Waals surface area (Å²) in [6.07, 6.45) is 6.85. The number of rotatable bonds is 9. The minimum atomic E-state index is -0.582.